The van der Waals surface area contributed by atoms with E-state index in [0.717, 1.165) is 12.1 Å². The number of aromatic hydroxyl groups is 1. The molecule has 1 heterocycles. The normalized spacial score (nSPS) is 11.8. The Morgan fingerprint density at radius 1 is 1.16 bits per heavy atom. The van der Waals surface area contributed by atoms with Crippen molar-refractivity contribution in [1.29, 1.82) is 0 Å². The Hall–Kier alpha value is -3.20. The van der Waals surface area contributed by atoms with Gasteiger partial charge >= 0.3 is 12.3 Å². The number of aromatic nitrogens is 1. The lowest BCUT2D eigenvalue weighted by Crippen LogP contribution is -2.18. The zero-order valence-electron chi connectivity index (χ0n) is 17.3. The standard InChI is InChI=1S/C22H19ClF3NO5/c1-11(2)31-20(29)9-15-12(3)27(18-10-17(23)19(28)8-16(15)18)21(30)13-4-6-14(7-5-13)32-22(24,25)26/h4-8,10-11,28H,9H2,1-3H3. The van der Waals surface area contributed by atoms with E-state index in [2.05, 4.69) is 4.74 Å². The second-order valence-corrected chi connectivity index (χ2v) is 7.72. The summed E-state index contributed by atoms with van der Waals surface area (Å²) >= 11 is 6.04. The van der Waals surface area contributed by atoms with Gasteiger partial charge in [-0.3, -0.25) is 14.2 Å². The van der Waals surface area contributed by atoms with Crippen molar-refractivity contribution in [2.24, 2.45) is 0 Å². The first-order valence-electron chi connectivity index (χ1n) is 9.49. The van der Waals surface area contributed by atoms with Gasteiger partial charge in [0.05, 0.1) is 23.1 Å². The highest BCUT2D eigenvalue weighted by Gasteiger charge is 2.31. The van der Waals surface area contributed by atoms with E-state index in [-0.39, 0.29) is 28.9 Å². The maximum absolute atomic E-state index is 13.2. The van der Waals surface area contributed by atoms with Crippen molar-refractivity contribution in [3.8, 4) is 11.5 Å². The third kappa shape index (κ3) is 4.99. The van der Waals surface area contributed by atoms with Crippen molar-refractivity contribution in [2.45, 2.75) is 39.7 Å². The SMILES string of the molecule is Cc1c(CC(=O)OC(C)C)c2cc(O)c(Cl)cc2n1C(=O)c1ccc(OC(F)(F)F)cc1. The topological polar surface area (TPSA) is 77.8 Å². The highest BCUT2D eigenvalue weighted by Crippen LogP contribution is 2.35. The molecule has 0 atom stereocenters. The molecular weight excluding hydrogens is 451 g/mol. The summed E-state index contributed by atoms with van der Waals surface area (Å²) in [5.74, 6) is -1.77. The minimum Gasteiger partial charge on any atom is -0.506 e. The van der Waals surface area contributed by atoms with Gasteiger partial charge in [-0.1, -0.05) is 11.6 Å². The Labute approximate surface area is 186 Å². The fourth-order valence-corrected chi connectivity index (χ4v) is 3.51. The Bertz CT molecular complexity index is 1180. The van der Waals surface area contributed by atoms with Gasteiger partial charge in [0.15, 0.2) is 0 Å². The molecule has 32 heavy (non-hydrogen) atoms. The van der Waals surface area contributed by atoms with E-state index in [1.54, 1.807) is 20.8 Å². The number of carbonyl (C=O) groups excluding carboxylic acids is 2. The van der Waals surface area contributed by atoms with Crippen molar-refractivity contribution >= 4 is 34.4 Å². The van der Waals surface area contributed by atoms with Crippen LogP contribution in [0, 0.1) is 6.92 Å². The van der Waals surface area contributed by atoms with Crippen molar-refractivity contribution < 1.29 is 37.3 Å². The Morgan fingerprint density at radius 2 is 1.78 bits per heavy atom. The van der Waals surface area contributed by atoms with Crippen LogP contribution in [-0.2, 0) is 16.0 Å². The molecule has 0 saturated heterocycles. The first-order chi connectivity index (χ1) is 14.9. The molecule has 0 unspecified atom stereocenters. The molecule has 0 bridgehead atoms. The molecular formula is C22H19ClF3NO5. The molecule has 2 aromatic carbocycles. The van der Waals surface area contributed by atoms with Gasteiger partial charge in [0.2, 0.25) is 0 Å². The van der Waals surface area contributed by atoms with E-state index in [1.165, 1.54) is 28.8 Å². The number of alkyl halides is 3. The number of phenols is 1. The van der Waals surface area contributed by atoms with Crippen LogP contribution >= 0.6 is 11.6 Å². The number of halogens is 4. The third-order valence-corrected chi connectivity index (χ3v) is 4.93. The van der Waals surface area contributed by atoms with Gasteiger partial charge in [-0.25, -0.2) is 0 Å². The van der Waals surface area contributed by atoms with Crippen LogP contribution in [0.3, 0.4) is 0 Å². The fourth-order valence-electron chi connectivity index (χ4n) is 3.35. The molecule has 3 rings (SSSR count). The van der Waals surface area contributed by atoms with Crippen LogP contribution in [0.2, 0.25) is 5.02 Å². The summed E-state index contributed by atoms with van der Waals surface area (Å²) in [6, 6.07) is 7.19. The molecule has 0 saturated carbocycles. The largest absolute Gasteiger partial charge is 0.573 e. The zero-order chi connectivity index (χ0) is 23.8. The van der Waals surface area contributed by atoms with Crippen molar-refractivity contribution in [3.05, 3.63) is 58.2 Å². The van der Waals surface area contributed by atoms with Gasteiger partial charge in [0, 0.05) is 16.6 Å². The minimum absolute atomic E-state index is 0.00529. The van der Waals surface area contributed by atoms with E-state index < -0.39 is 24.0 Å². The van der Waals surface area contributed by atoms with E-state index in [1.807, 2.05) is 0 Å². The van der Waals surface area contributed by atoms with E-state index in [9.17, 15) is 27.9 Å². The number of hydrogen-bond acceptors (Lipinski definition) is 5. The van der Waals surface area contributed by atoms with Crippen LogP contribution in [-0.4, -0.2) is 34.0 Å². The predicted molar refractivity (Wildman–Crippen MR) is 111 cm³/mol. The molecule has 10 heteroatoms. The van der Waals surface area contributed by atoms with Gasteiger partial charge in [-0.2, -0.15) is 0 Å². The first kappa shape index (κ1) is 23.5. The summed E-state index contributed by atoms with van der Waals surface area (Å²) in [5, 5.41) is 10.5. The summed E-state index contributed by atoms with van der Waals surface area (Å²) in [5.41, 5.74) is 1.28. The number of rotatable bonds is 5. The van der Waals surface area contributed by atoms with Crippen molar-refractivity contribution in [1.82, 2.24) is 4.57 Å². The molecule has 1 N–H and O–H groups in total. The Morgan fingerprint density at radius 3 is 2.34 bits per heavy atom. The quantitative estimate of drug-likeness (QED) is 0.507. The number of esters is 1. The zero-order valence-corrected chi connectivity index (χ0v) is 18.0. The van der Waals surface area contributed by atoms with Gasteiger partial charge in [-0.05, 0) is 62.7 Å². The van der Waals surface area contributed by atoms with Crippen LogP contribution < -0.4 is 4.74 Å². The molecule has 0 radical (unpaired) electrons. The fraction of sp³-hybridized carbons (Fsp3) is 0.273. The number of carbonyl (C=O) groups is 2. The van der Waals surface area contributed by atoms with E-state index in [0.29, 0.717) is 22.2 Å². The second kappa shape index (κ2) is 8.74. The maximum Gasteiger partial charge on any atom is 0.573 e. The third-order valence-electron chi connectivity index (χ3n) is 4.63. The summed E-state index contributed by atoms with van der Waals surface area (Å²) < 4.78 is 47.5. The van der Waals surface area contributed by atoms with Crippen LogP contribution in [0.5, 0.6) is 11.5 Å². The first-order valence-corrected chi connectivity index (χ1v) is 9.87. The number of ether oxygens (including phenoxy) is 2. The van der Waals surface area contributed by atoms with E-state index in [4.69, 9.17) is 16.3 Å². The summed E-state index contributed by atoms with van der Waals surface area (Å²) in [6.07, 6.45) is -5.34. The second-order valence-electron chi connectivity index (χ2n) is 7.31. The van der Waals surface area contributed by atoms with Crippen LogP contribution in [0.15, 0.2) is 36.4 Å². The molecule has 0 spiro atoms. The van der Waals surface area contributed by atoms with Crippen LogP contribution in [0.25, 0.3) is 10.9 Å². The molecule has 0 aliphatic carbocycles. The van der Waals surface area contributed by atoms with Gasteiger partial charge in [-0.15, -0.1) is 13.2 Å². The van der Waals surface area contributed by atoms with Crippen LogP contribution in [0.4, 0.5) is 13.2 Å². The molecule has 3 aromatic rings. The molecule has 0 amide bonds. The average molecular weight is 470 g/mol. The highest BCUT2D eigenvalue weighted by atomic mass is 35.5. The summed E-state index contributed by atoms with van der Waals surface area (Å²) in [6.45, 7) is 5.02. The minimum atomic E-state index is -4.85. The smallest absolute Gasteiger partial charge is 0.506 e. The maximum atomic E-state index is 13.2. The molecule has 170 valence electrons. The van der Waals surface area contributed by atoms with Crippen LogP contribution in [0.1, 0.15) is 35.5 Å². The molecule has 0 aliphatic heterocycles. The summed E-state index contributed by atoms with van der Waals surface area (Å²) in [4.78, 5) is 25.5. The highest BCUT2D eigenvalue weighted by molar-refractivity contribution is 6.33. The number of phenolic OH excluding ortho intramolecular Hbond substituents is 1. The summed E-state index contributed by atoms with van der Waals surface area (Å²) in [7, 11) is 0. The monoisotopic (exact) mass is 469 g/mol. The molecule has 6 nitrogen and oxygen atoms in total. The van der Waals surface area contributed by atoms with E-state index >= 15 is 0 Å². The lowest BCUT2D eigenvalue weighted by molar-refractivity contribution is -0.274. The van der Waals surface area contributed by atoms with Gasteiger partial charge < -0.3 is 14.6 Å². The lowest BCUT2D eigenvalue weighted by Gasteiger charge is -2.11. The Kier molecular flexibility index (Phi) is 6.41. The number of nitrogens with zero attached hydrogens (tertiary/aromatic N) is 1. The van der Waals surface area contributed by atoms with Crippen molar-refractivity contribution in [3.63, 3.8) is 0 Å². The number of hydrogen-bond donors (Lipinski definition) is 1. The number of benzene rings is 2. The Balaban J connectivity index is 2.07. The molecule has 1 aromatic heterocycles. The van der Waals surface area contributed by atoms with Gasteiger partial charge in [0.25, 0.3) is 5.91 Å². The number of fused-ring (bicyclic) bond motifs is 1. The lowest BCUT2D eigenvalue weighted by atomic mass is 10.1. The average Bonchev–Trinajstić information content (AvgIpc) is 2.91. The predicted octanol–water partition coefficient (Wildman–Crippen LogP) is 5.39. The molecule has 0 aliphatic rings. The molecule has 0 fully saturated rings. The van der Waals surface area contributed by atoms with Crippen molar-refractivity contribution in [2.75, 3.05) is 0 Å². The van der Waals surface area contributed by atoms with Gasteiger partial charge in [0.1, 0.15) is 11.5 Å².